The van der Waals surface area contributed by atoms with Gasteiger partial charge in [0, 0.05) is 16.0 Å². The average molecular weight is 329 g/mol. The minimum atomic E-state index is -0.581. The number of aliphatic hydroxyl groups is 1. The van der Waals surface area contributed by atoms with Crippen molar-refractivity contribution in [1.82, 2.24) is 0 Å². The first-order valence-electron chi connectivity index (χ1n) is 6.62. The van der Waals surface area contributed by atoms with Crippen LogP contribution in [0.5, 0.6) is 5.75 Å². The maximum absolute atomic E-state index is 10.7. The number of benzene rings is 1. The van der Waals surface area contributed by atoms with Crippen LogP contribution in [0.1, 0.15) is 32.4 Å². The molecule has 106 valence electrons. The number of ether oxygens (including phenoxy) is 2. The first-order chi connectivity index (χ1) is 8.95. The molecule has 0 bridgehead atoms. The maximum Gasteiger partial charge on any atom is 0.124 e. The Morgan fingerprint density at radius 1 is 1.26 bits per heavy atom. The van der Waals surface area contributed by atoms with Crippen molar-refractivity contribution in [3.63, 3.8) is 0 Å². The molecule has 19 heavy (non-hydrogen) atoms. The molecule has 2 rings (SSSR count). The van der Waals surface area contributed by atoms with E-state index in [1.54, 1.807) is 7.11 Å². The summed E-state index contributed by atoms with van der Waals surface area (Å²) in [5.74, 6) is 1.11. The highest BCUT2D eigenvalue weighted by Crippen LogP contribution is 2.43. The summed E-state index contributed by atoms with van der Waals surface area (Å²) in [5.41, 5.74) is 0.818. The van der Waals surface area contributed by atoms with Gasteiger partial charge in [-0.15, -0.1) is 0 Å². The molecule has 1 heterocycles. The van der Waals surface area contributed by atoms with Crippen LogP contribution in [-0.4, -0.2) is 24.4 Å². The van der Waals surface area contributed by atoms with E-state index in [9.17, 15) is 5.11 Å². The Hall–Kier alpha value is -0.580. The Labute approximate surface area is 123 Å². The zero-order chi connectivity index (χ0) is 14.2. The third-order valence-corrected chi connectivity index (χ3v) is 4.69. The van der Waals surface area contributed by atoms with E-state index in [0.717, 1.165) is 15.8 Å². The lowest BCUT2D eigenvalue weighted by Gasteiger charge is -2.26. The van der Waals surface area contributed by atoms with Gasteiger partial charge >= 0.3 is 0 Å². The molecule has 1 saturated heterocycles. The fourth-order valence-corrected chi connectivity index (χ4v) is 3.36. The second-order valence-corrected chi connectivity index (χ2v) is 6.23. The second-order valence-electron chi connectivity index (χ2n) is 5.31. The van der Waals surface area contributed by atoms with E-state index in [2.05, 4.69) is 29.8 Å². The van der Waals surface area contributed by atoms with Crippen molar-refractivity contribution in [1.29, 1.82) is 0 Å². The molecular formula is C15H21BrO3. The van der Waals surface area contributed by atoms with Gasteiger partial charge in [-0.25, -0.2) is 0 Å². The smallest absolute Gasteiger partial charge is 0.124 e. The molecule has 5 atom stereocenters. The van der Waals surface area contributed by atoms with Crippen LogP contribution in [0, 0.1) is 11.8 Å². The molecule has 0 aromatic heterocycles. The van der Waals surface area contributed by atoms with Gasteiger partial charge in [0.15, 0.2) is 0 Å². The van der Waals surface area contributed by atoms with Gasteiger partial charge in [-0.2, -0.15) is 0 Å². The van der Waals surface area contributed by atoms with Gasteiger partial charge in [0.1, 0.15) is 5.75 Å². The Morgan fingerprint density at radius 2 is 1.95 bits per heavy atom. The summed E-state index contributed by atoms with van der Waals surface area (Å²) in [4.78, 5) is 0. The van der Waals surface area contributed by atoms with E-state index in [4.69, 9.17) is 9.47 Å². The minimum Gasteiger partial charge on any atom is -0.496 e. The van der Waals surface area contributed by atoms with Crippen molar-refractivity contribution in [2.75, 3.05) is 7.11 Å². The zero-order valence-electron chi connectivity index (χ0n) is 11.8. The number of hydrogen-bond acceptors (Lipinski definition) is 3. The molecule has 0 spiro atoms. The quantitative estimate of drug-likeness (QED) is 0.922. The Morgan fingerprint density at radius 3 is 2.47 bits per heavy atom. The van der Waals surface area contributed by atoms with E-state index in [-0.39, 0.29) is 18.1 Å². The molecule has 5 unspecified atom stereocenters. The predicted molar refractivity (Wildman–Crippen MR) is 78.3 cm³/mol. The molecule has 0 saturated carbocycles. The van der Waals surface area contributed by atoms with Crippen molar-refractivity contribution < 1.29 is 14.6 Å². The van der Waals surface area contributed by atoms with Gasteiger partial charge in [0.25, 0.3) is 0 Å². The van der Waals surface area contributed by atoms with Crippen LogP contribution in [-0.2, 0) is 4.74 Å². The molecule has 0 amide bonds. The van der Waals surface area contributed by atoms with Gasteiger partial charge in [-0.3, -0.25) is 0 Å². The first-order valence-corrected chi connectivity index (χ1v) is 7.42. The SMILES string of the molecule is COc1ccc(Br)cc1C(O)C1C(C)OC(C)C1C. The summed E-state index contributed by atoms with van der Waals surface area (Å²) in [6.45, 7) is 6.22. The summed E-state index contributed by atoms with van der Waals surface area (Å²) in [6, 6.07) is 5.71. The lowest BCUT2D eigenvalue weighted by Crippen LogP contribution is -2.25. The van der Waals surface area contributed by atoms with Crippen molar-refractivity contribution in [2.24, 2.45) is 11.8 Å². The molecule has 1 aromatic rings. The van der Waals surface area contributed by atoms with E-state index in [0.29, 0.717) is 5.92 Å². The summed E-state index contributed by atoms with van der Waals surface area (Å²) in [7, 11) is 1.63. The van der Waals surface area contributed by atoms with Gasteiger partial charge in [-0.05, 0) is 38.0 Å². The molecule has 1 N–H and O–H groups in total. The van der Waals surface area contributed by atoms with Crippen molar-refractivity contribution in [3.8, 4) is 5.75 Å². The topological polar surface area (TPSA) is 38.7 Å². The number of halogens is 1. The van der Waals surface area contributed by atoms with Crippen LogP contribution < -0.4 is 4.74 Å². The third-order valence-electron chi connectivity index (χ3n) is 4.19. The average Bonchev–Trinajstić information content (AvgIpc) is 2.62. The Balaban J connectivity index is 2.33. The number of rotatable bonds is 3. The molecule has 1 fully saturated rings. The highest BCUT2D eigenvalue weighted by atomic mass is 79.9. The molecule has 1 aliphatic rings. The Kier molecular flexibility index (Phi) is 4.54. The van der Waals surface area contributed by atoms with Gasteiger partial charge < -0.3 is 14.6 Å². The maximum atomic E-state index is 10.7. The number of aliphatic hydroxyl groups excluding tert-OH is 1. The summed E-state index contributed by atoms with van der Waals surface area (Å²) >= 11 is 3.45. The van der Waals surface area contributed by atoms with E-state index in [1.165, 1.54) is 0 Å². The highest BCUT2D eigenvalue weighted by molar-refractivity contribution is 9.10. The van der Waals surface area contributed by atoms with Crippen molar-refractivity contribution in [2.45, 2.75) is 39.1 Å². The fourth-order valence-electron chi connectivity index (χ4n) is 2.98. The lowest BCUT2D eigenvalue weighted by molar-refractivity contribution is 0.0224. The summed E-state index contributed by atoms with van der Waals surface area (Å²) in [5, 5.41) is 10.7. The zero-order valence-corrected chi connectivity index (χ0v) is 13.3. The highest BCUT2D eigenvalue weighted by Gasteiger charge is 2.42. The molecule has 0 radical (unpaired) electrons. The number of methoxy groups -OCH3 is 1. The van der Waals surface area contributed by atoms with E-state index < -0.39 is 6.10 Å². The molecule has 4 heteroatoms. The van der Waals surface area contributed by atoms with Crippen molar-refractivity contribution >= 4 is 15.9 Å². The van der Waals surface area contributed by atoms with Crippen LogP contribution in [0.15, 0.2) is 22.7 Å². The standard InChI is InChI=1S/C15H21BrO3/c1-8-9(2)19-10(3)14(8)15(17)12-7-11(16)5-6-13(12)18-4/h5-10,14-15,17H,1-4H3. The molecule has 3 nitrogen and oxygen atoms in total. The summed E-state index contributed by atoms with van der Waals surface area (Å²) < 4.78 is 12.1. The normalized spacial score (nSPS) is 32.3. The Bertz CT molecular complexity index is 449. The fraction of sp³-hybridized carbons (Fsp3) is 0.600. The van der Waals surface area contributed by atoms with Crippen LogP contribution in [0.4, 0.5) is 0 Å². The predicted octanol–water partition coefficient (Wildman–Crippen LogP) is 3.55. The van der Waals surface area contributed by atoms with Gasteiger partial charge in [-0.1, -0.05) is 22.9 Å². The van der Waals surface area contributed by atoms with Crippen LogP contribution in [0.3, 0.4) is 0 Å². The van der Waals surface area contributed by atoms with Crippen LogP contribution in [0.2, 0.25) is 0 Å². The van der Waals surface area contributed by atoms with E-state index in [1.807, 2.05) is 25.1 Å². The van der Waals surface area contributed by atoms with Crippen LogP contribution in [0.25, 0.3) is 0 Å². The van der Waals surface area contributed by atoms with Crippen molar-refractivity contribution in [3.05, 3.63) is 28.2 Å². The van der Waals surface area contributed by atoms with Gasteiger partial charge in [0.05, 0.1) is 25.4 Å². The molecule has 1 aromatic carbocycles. The molecule has 0 aliphatic carbocycles. The second kappa shape index (κ2) is 5.81. The van der Waals surface area contributed by atoms with E-state index >= 15 is 0 Å². The third kappa shape index (κ3) is 2.81. The molecular weight excluding hydrogens is 308 g/mol. The monoisotopic (exact) mass is 328 g/mol. The molecule has 1 aliphatic heterocycles. The van der Waals surface area contributed by atoms with Crippen LogP contribution >= 0.6 is 15.9 Å². The number of hydrogen-bond donors (Lipinski definition) is 1. The largest absolute Gasteiger partial charge is 0.496 e. The summed E-state index contributed by atoms with van der Waals surface area (Å²) in [6.07, 6.45) is -0.362. The first kappa shape index (κ1) is 14.8. The lowest BCUT2D eigenvalue weighted by atomic mass is 9.82. The minimum absolute atomic E-state index is 0.0451. The van der Waals surface area contributed by atoms with Gasteiger partial charge in [0.2, 0.25) is 0 Å².